The third-order valence-corrected chi connectivity index (χ3v) is 4.85. The molecule has 2 rings (SSSR count). The van der Waals surface area contributed by atoms with E-state index in [9.17, 15) is 8.42 Å². The summed E-state index contributed by atoms with van der Waals surface area (Å²) in [6, 6.07) is 6.84. The van der Waals surface area contributed by atoms with Crippen LogP contribution in [0.25, 0.3) is 0 Å². The maximum atomic E-state index is 12.0. The summed E-state index contributed by atoms with van der Waals surface area (Å²) in [5, 5.41) is 3.40. The molecule has 6 heteroatoms. The Hall–Kier alpha value is -1.11. The molecule has 1 heterocycles. The third kappa shape index (κ3) is 3.71. The van der Waals surface area contributed by atoms with Gasteiger partial charge in [-0.05, 0) is 44.0 Å². The van der Waals surface area contributed by atoms with E-state index in [-0.39, 0.29) is 5.54 Å². The number of nitrogens with one attached hydrogen (secondary N) is 2. The largest absolute Gasteiger partial charge is 0.379 e. The van der Waals surface area contributed by atoms with E-state index in [0.29, 0.717) is 18.0 Å². The standard InChI is InChI=1S/C14H22N2O3S/c1-3-9-15-20(17,18)13-6-4-12(5-7-13)16-14(2)8-10-19-11-14/h4-7,15-16H,3,8-11H2,1-2H3. The van der Waals surface area contributed by atoms with Crippen LogP contribution in [0.1, 0.15) is 26.7 Å². The lowest BCUT2D eigenvalue weighted by molar-refractivity contribution is 0.185. The van der Waals surface area contributed by atoms with Gasteiger partial charge in [0.2, 0.25) is 10.0 Å². The monoisotopic (exact) mass is 298 g/mol. The van der Waals surface area contributed by atoms with Gasteiger partial charge in [0.1, 0.15) is 0 Å². The zero-order valence-corrected chi connectivity index (χ0v) is 12.8. The molecule has 1 fully saturated rings. The second kappa shape index (κ2) is 6.11. The minimum atomic E-state index is -3.38. The van der Waals surface area contributed by atoms with E-state index in [1.807, 2.05) is 6.92 Å². The van der Waals surface area contributed by atoms with Gasteiger partial charge in [0.25, 0.3) is 0 Å². The fraction of sp³-hybridized carbons (Fsp3) is 0.571. The molecule has 0 spiro atoms. The Morgan fingerprint density at radius 3 is 2.55 bits per heavy atom. The van der Waals surface area contributed by atoms with Crippen molar-refractivity contribution in [3.8, 4) is 0 Å². The first-order chi connectivity index (χ1) is 9.45. The van der Waals surface area contributed by atoms with Gasteiger partial charge < -0.3 is 10.1 Å². The molecule has 20 heavy (non-hydrogen) atoms. The smallest absolute Gasteiger partial charge is 0.240 e. The van der Waals surface area contributed by atoms with E-state index in [1.165, 1.54) is 0 Å². The van der Waals surface area contributed by atoms with Crippen molar-refractivity contribution in [1.29, 1.82) is 0 Å². The van der Waals surface area contributed by atoms with Gasteiger partial charge in [0.05, 0.1) is 17.0 Å². The predicted octanol–water partition coefficient (Wildman–Crippen LogP) is 1.97. The van der Waals surface area contributed by atoms with Crippen LogP contribution in [0.3, 0.4) is 0 Å². The maximum Gasteiger partial charge on any atom is 0.240 e. The summed E-state index contributed by atoms with van der Waals surface area (Å²) in [7, 11) is -3.38. The fourth-order valence-corrected chi connectivity index (χ4v) is 3.29. The Labute approximate surface area is 120 Å². The van der Waals surface area contributed by atoms with E-state index >= 15 is 0 Å². The lowest BCUT2D eigenvalue weighted by atomic mass is 10.0. The van der Waals surface area contributed by atoms with E-state index in [2.05, 4.69) is 17.0 Å². The number of anilines is 1. The maximum absolute atomic E-state index is 12.0. The summed E-state index contributed by atoms with van der Waals surface area (Å²) < 4.78 is 31.9. The zero-order chi connectivity index (χ0) is 14.6. The Morgan fingerprint density at radius 2 is 2.00 bits per heavy atom. The van der Waals surface area contributed by atoms with E-state index < -0.39 is 10.0 Å². The summed E-state index contributed by atoms with van der Waals surface area (Å²) in [5.74, 6) is 0. The van der Waals surface area contributed by atoms with Crippen LogP contribution in [-0.4, -0.2) is 33.7 Å². The highest BCUT2D eigenvalue weighted by Crippen LogP contribution is 2.24. The van der Waals surface area contributed by atoms with Crippen LogP contribution in [0.2, 0.25) is 0 Å². The van der Waals surface area contributed by atoms with E-state index in [4.69, 9.17) is 4.74 Å². The number of ether oxygens (including phenoxy) is 1. The van der Waals surface area contributed by atoms with Gasteiger partial charge in [-0.1, -0.05) is 6.92 Å². The number of benzene rings is 1. The highest BCUT2D eigenvalue weighted by atomic mass is 32.2. The number of hydrogen-bond donors (Lipinski definition) is 2. The highest BCUT2D eigenvalue weighted by molar-refractivity contribution is 7.89. The van der Waals surface area contributed by atoms with Crippen molar-refractivity contribution >= 4 is 15.7 Å². The first kappa shape index (κ1) is 15.3. The normalized spacial score (nSPS) is 22.9. The van der Waals surface area contributed by atoms with Crippen molar-refractivity contribution in [2.24, 2.45) is 0 Å². The van der Waals surface area contributed by atoms with Crippen LogP contribution >= 0.6 is 0 Å². The topological polar surface area (TPSA) is 67.4 Å². The molecule has 0 bridgehead atoms. The molecular weight excluding hydrogens is 276 g/mol. The van der Waals surface area contributed by atoms with Crippen molar-refractivity contribution in [3.05, 3.63) is 24.3 Å². The first-order valence-electron chi connectivity index (χ1n) is 6.91. The average Bonchev–Trinajstić information content (AvgIpc) is 2.83. The van der Waals surface area contributed by atoms with Gasteiger partial charge in [-0.25, -0.2) is 13.1 Å². The minimum Gasteiger partial charge on any atom is -0.379 e. The Bertz CT molecular complexity index is 534. The zero-order valence-electron chi connectivity index (χ0n) is 12.0. The Kier molecular flexibility index (Phi) is 4.67. The van der Waals surface area contributed by atoms with Crippen molar-refractivity contribution in [1.82, 2.24) is 4.72 Å². The molecule has 0 aromatic heterocycles. The molecule has 112 valence electrons. The van der Waals surface area contributed by atoms with Gasteiger partial charge in [0.15, 0.2) is 0 Å². The summed E-state index contributed by atoms with van der Waals surface area (Å²) in [5.41, 5.74) is 0.841. The second-order valence-corrected chi connectivity index (χ2v) is 7.18. The van der Waals surface area contributed by atoms with Crippen LogP contribution in [0.5, 0.6) is 0 Å². The van der Waals surface area contributed by atoms with Crippen molar-refractivity contribution < 1.29 is 13.2 Å². The number of hydrogen-bond acceptors (Lipinski definition) is 4. The minimum absolute atomic E-state index is 0.0686. The van der Waals surface area contributed by atoms with Gasteiger partial charge in [-0.3, -0.25) is 0 Å². The molecule has 5 nitrogen and oxygen atoms in total. The predicted molar refractivity (Wildman–Crippen MR) is 79.4 cm³/mol. The molecule has 0 radical (unpaired) electrons. The molecule has 1 aromatic rings. The van der Waals surface area contributed by atoms with Gasteiger partial charge >= 0.3 is 0 Å². The Balaban J connectivity index is 2.06. The van der Waals surface area contributed by atoms with Crippen LogP contribution in [0.4, 0.5) is 5.69 Å². The molecule has 0 aliphatic carbocycles. The third-order valence-electron chi connectivity index (χ3n) is 3.37. The van der Waals surface area contributed by atoms with Crippen LogP contribution in [0.15, 0.2) is 29.2 Å². The molecule has 1 aliphatic rings. The lowest BCUT2D eigenvalue weighted by Gasteiger charge is -2.25. The molecule has 1 aliphatic heterocycles. The van der Waals surface area contributed by atoms with E-state index in [0.717, 1.165) is 25.1 Å². The highest BCUT2D eigenvalue weighted by Gasteiger charge is 2.29. The quantitative estimate of drug-likeness (QED) is 0.842. The van der Waals surface area contributed by atoms with Gasteiger partial charge in [0, 0.05) is 18.8 Å². The van der Waals surface area contributed by atoms with Crippen LogP contribution in [-0.2, 0) is 14.8 Å². The molecule has 0 amide bonds. The number of sulfonamides is 1. The SMILES string of the molecule is CCCNS(=O)(=O)c1ccc(NC2(C)CCOC2)cc1. The molecule has 1 unspecified atom stereocenters. The van der Waals surface area contributed by atoms with Crippen molar-refractivity contribution in [2.75, 3.05) is 25.1 Å². The lowest BCUT2D eigenvalue weighted by Crippen LogP contribution is -2.34. The second-order valence-electron chi connectivity index (χ2n) is 5.41. The first-order valence-corrected chi connectivity index (χ1v) is 8.39. The summed E-state index contributed by atoms with van der Waals surface area (Å²) >= 11 is 0. The summed E-state index contributed by atoms with van der Waals surface area (Å²) in [6.07, 6.45) is 1.72. The van der Waals surface area contributed by atoms with Gasteiger partial charge in [-0.2, -0.15) is 0 Å². The summed E-state index contributed by atoms with van der Waals surface area (Å²) in [6.45, 7) is 5.92. The van der Waals surface area contributed by atoms with E-state index in [1.54, 1.807) is 24.3 Å². The average molecular weight is 298 g/mol. The molecule has 0 saturated carbocycles. The molecule has 1 saturated heterocycles. The number of rotatable bonds is 6. The molecule has 1 aromatic carbocycles. The van der Waals surface area contributed by atoms with Crippen LogP contribution < -0.4 is 10.0 Å². The van der Waals surface area contributed by atoms with Crippen molar-refractivity contribution in [3.63, 3.8) is 0 Å². The molecule has 1 atom stereocenters. The van der Waals surface area contributed by atoms with Crippen LogP contribution in [0, 0.1) is 0 Å². The summed E-state index contributed by atoms with van der Waals surface area (Å²) in [4.78, 5) is 0.296. The van der Waals surface area contributed by atoms with Crippen molar-refractivity contribution in [2.45, 2.75) is 37.1 Å². The fourth-order valence-electron chi connectivity index (χ4n) is 2.15. The molecular formula is C14H22N2O3S. The molecule has 2 N–H and O–H groups in total. The van der Waals surface area contributed by atoms with Gasteiger partial charge in [-0.15, -0.1) is 0 Å². The Morgan fingerprint density at radius 1 is 1.30 bits per heavy atom.